The molecule has 2 heterocycles. The highest BCUT2D eigenvalue weighted by molar-refractivity contribution is 6.30. The molecule has 0 saturated heterocycles. The first-order valence-corrected chi connectivity index (χ1v) is 11.1. The summed E-state index contributed by atoms with van der Waals surface area (Å²) in [5, 5.41) is 16.1. The summed E-state index contributed by atoms with van der Waals surface area (Å²) in [4.78, 5) is 28.5. The van der Waals surface area contributed by atoms with Gasteiger partial charge in [0.2, 0.25) is 5.91 Å². The topological polar surface area (TPSA) is 92.1 Å². The van der Waals surface area contributed by atoms with Crippen molar-refractivity contribution in [1.29, 1.82) is 0 Å². The maximum atomic E-state index is 12.9. The van der Waals surface area contributed by atoms with Crippen molar-refractivity contribution >= 4 is 40.1 Å². The quantitative estimate of drug-likeness (QED) is 0.488. The minimum Gasteiger partial charge on any atom is -0.494 e. The summed E-state index contributed by atoms with van der Waals surface area (Å²) in [5.41, 5.74) is 4.10. The number of halogens is 1. The largest absolute Gasteiger partial charge is 0.494 e. The van der Waals surface area contributed by atoms with E-state index in [1.807, 2.05) is 62.4 Å². The molecule has 0 bridgehead atoms. The Morgan fingerprint density at radius 3 is 2.73 bits per heavy atom. The van der Waals surface area contributed by atoms with Crippen molar-refractivity contribution in [3.8, 4) is 5.75 Å². The molecule has 1 aliphatic heterocycles. The molecule has 7 nitrogen and oxygen atoms in total. The van der Waals surface area contributed by atoms with E-state index in [2.05, 4.69) is 10.1 Å². The number of hydrogen-bond acceptors (Lipinski definition) is 5. The maximum absolute atomic E-state index is 12.9. The number of carbonyl (C=O) groups excluding carboxylic acids is 1. The molecule has 1 aromatic heterocycles. The summed E-state index contributed by atoms with van der Waals surface area (Å²) >= 11 is 6.59. The van der Waals surface area contributed by atoms with Gasteiger partial charge in [-0.2, -0.15) is 5.10 Å². The average Bonchev–Trinajstić information content (AvgIpc) is 3.22. The second-order valence-corrected chi connectivity index (χ2v) is 8.28. The number of carboxylic acid groups (broad SMARTS) is 1. The highest BCUT2D eigenvalue weighted by Gasteiger charge is 2.35. The van der Waals surface area contributed by atoms with Gasteiger partial charge in [0.15, 0.2) is 0 Å². The first kappa shape index (κ1) is 22.7. The Labute approximate surface area is 196 Å². The lowest BCUT2D eigenvalue weighted by Crippen LogP contribution is -2.27. The highest BCUT2D eigenvalue weighted by atomic mass is 35.5. The molecular formula is C25H24ClN3O4. The smallest absolute Gasteiger partial charge is 0.303 e. The molecule has 1 N–H and O–H groups in total. The molecule has 2 aromatic carbocycles. The van der Waals surface area contributed by atoms with Gasteiger partial charge >= 0.3 is 5.97 Å². The molecule has 1 aliphatic rings. The number of aryl methyl sites for hydroxylation is 1. The van der Waals surface area contributed by atoms with Crippen LogP contribution in [0.4, 0.5) is 0 Å². The Bertz CT molecular complexity index is 1260. The second kappa shape index (κ2) is 9.58. The van der Waals surface area contributed by atoms with Gasteiger partial charge in [-0.1, -0.05) is 41.4 Å². The normalized spacial score (nSPS) is 15.5. The van der Waals surface area contributed by atoms with E-state index >= 15 is 0 Å². The summed E-state index contributed by atoms with van der Waals surface area (Å²) < 4.78 is 5.55. The zero-order chi connectivity index (χ0) is 23.5. The van der Waals surface area contributed by atoms with Crippen molar-refractivity contribution in [1.82, 2.24) is 9.99 Å². The van der Waals surface area contributed by atoms with E-state index in [0.29, 0.717) is 29.9 Å². The lowest BCUT2D eigenvalue weighted by molar-refractivity contribution is -0.141. The Balaban J connectivity index is 1.72. The van der Waals surface area contributed by atoms with Crippen LogP contribution in [0.5, 0.6) is 5.75 Å². The van der Waals surface area contributed by atoms with Gasteiger partial charge in [0, 0.05) is 29.9 Å². The molecule has 0 fully saturated rings. The first-order valence-electron chi connectivity index (χ1n) is 10.8. The number of carboxylic acids is 1. The van der Waals surface area contributed by atoms with E-state index in [1.165, 1.54) is 5.01 Å². The highest BCUT2D eigenvalue weighted by Crippen LogP contribution is 2.38. The van der Waals surface area contributed by atoms with Crippen LogP contribution in [0.15, 0.2) is 53.6 Å². The van der Waals surface area contributed by atoms with Crippen LogP contribution in [0, 0.1) is 6.92 Å². The van der Waals surface area contributed by atoms with Crippen LogP contribution in [0.3, 0.4) is 0 Å². The van der Waals surface area contributed by atoms with Gasteiger partial charge in [0.1, 0.15) is 10.9 Å². The van der Waals surface area contributed by atoms with Crippen molar-refractivity contribution in [3.05, 3.63) is 70.4 Å². The zero-order valence-electron chi connectivity index (χ0n) is 18.4. The number of hydrazone groups is 1. The minimum atomic E-state index is -1.03. The number of carbonyl (C=O) groups is 2. The van der Waals surface area contributed by atoms with E-state index in [-0.39, 0.29) is 23.9 Å². The SMILES string of the molecule is CCOc1ccc2cc(C3CC(c4cccc(C)c4)=NN3C(=O)CCC(=O)O)c(Cl)nc2c1. The van der Waals surface area contributed by atoms with Crippen molar-refractivity contribution in [2.24, 2.45) is 5.10 Å². The Morgan fingerprint density at radius 1 is 1.18 bits per heavy atom. The molecule has 0 saturated carbocycles. The molecule has 0 aliphatic carbocycles. The summed E-state index contributed by atoms with van der Waals surface area (Å²) in [7, 11) is 0. The number of fused-ring (bicyclic) bond motifs is 1. The number of hydrogen-bond donors (Lipinski definition) is 1. The molecule has 1 unspecified atom stereocenters. The van der Waals surface area contributed by atoms with E-state index in [4.69, 9.17) is 21.4 Å². The summed E-state index contributed by atoms with van der Waals surface area (Å²) in [5.74, 6) is -0.692. The third-order valence-electron chi connectivity index (χ3n) is 5.51. The number of benzene rings is 2. The van der Waals surface area contributed by atoms with E-state index < -0.39 is 12.0 Å². The Hall–Kier alpha value is -3.45. The van der Waals surface area contributed by atoms with Crippen molar-refractivity contribution in [2.75, 3.05) is 6.61 Å². The fourth-order valence-electron chi connectivity index (χ4n) is 3.94. The molecule has 4 rings (SSSR count). The van der Waals surface area contributed by atoms with Crippen LogP contribution in [-0.2, 0) is 9.59 Å². The van der Waals surface area contributed by atoms with Gasteiger partial charge in [-0.3, -0.25) is 9.59 Å². The number of nitrogens with zero attached hydrogens (tertiary/aromatic N) is 3. The van der Waals surface area contributed by atoms with Crippen LogP contribution < -0.4 is 4.74 Å². The monoisotopic (exact) mass is 465 g/mol. The fraction of sp³-hybridized carbons (Fsp3) is 0.280. The van der Waals surface area contributed by atoms with Crippen LogP contribution >= 0.6 is 11.6 Å². The molecule has 1 amide bonds. The molecule has 8 heteroatoms. The van der Waals surface area contributed by atoms with Gasteiger partial charge in [-0.05, 0) is 37.6 Å². The number of ether oxygens (including phenoxy) is 1. The summed E-state index contributed by atoms with van der Waals surface area (Å²) in [6.45, 7) is 4.45. The molecule has 3 aromatic rings. The van der Waals surface area contributed by atoms with Gasteiger partial charge in [0.05, 0.1) is 30.3 Å². The van der Waals surface area contributed by atoms with E-state index in [0.717, 1.165) is 22.2 Å². The first-order chi connectivity index (χ1) is 15.9. The van der Waals surface area contributed by atoms with Gasteiger partial charge < -0.3 is 9.84 Å². The van der Waals surface area contributed by atoms with Crippen molar-refractivity contribution in [3.63, 3.8) is 0 Å². The molecule has 33 heavy (non-hydrogen) atoms. The van der Waals surface area contributed by atoms with Crippen LogP contribution in [0.1, 0.15) is 48.9 Å². The van der Waals surface area contributed by atoms with Crippen molar-refractivity contribution < 1.29 is 19.4 Å². The van der Waals surface area contributed by atoms with Crippen molar-refractivity contribution in [2.45, 2.75) is 39.2 Å². The summed E-state index contributed by atoms with van der Waals surface area (Å²) in [6, 6.07) is 14.9. The number of amides is 1. The zero-order valence-corrected chi connectivity index (χ0v) is 19.2. The predicted molar refractivity (Wildman–Crippen MR) is 127 cm³/mol. The number of aromatic nitrogens is 1. The minimum absolute atomic E-state index is 0.146. The maximum Gasteiger partial charge on any atom is 0.303 e. The third-order valence-corrected chi connectivity index (χ3v) is 5.81. The molecule has 170 valence electrons. The second-order valence-electron chi connectivity index (χ2n) is 7.92. The van der Waals surface area contributed by atoms with E-state index in [1.54, 1.807) is 0 Å². The Morgan fingerprint density at radius 2 is 2.00 bits per heavy atom. The van der Waals surface area contributed by atoms with Crippen LogP contribution in [0.2, 0.25) is 5.15 Å². The average molecular weight is 466 g/mol. The molecule has 1 atom stereocenters. The van der Waals surface area contributed by atoms with Crippen LogP contribution in [0.25, 0.3) is 10.9 Å². The third kappa shape index (κ3) is 4.98. The number of aliphatic carboxylic acids is 1. The Kier molecular flexibility index (Phi) is 6.60. The lowest BCUT2D eigenvalue weighted by atomic mass is 9.97. The van der Waals surface area contributed by atoms with Crippen LogP contribution in [-0.4, -0.2) is 39.3 Å². The molecular weight excluding hydrogens is 442 g/mol. The lowest BCUT2D eigenvalue weighted by Gasteiger charge is -2.23. The number of rotatable bonds is 7. The van der Waals surface area contributed by atoms with E-state index in [9.17, 15) is 9.59 Å². The fourth-order valence-corrected chi connectivity index (χ4v) is 4.21. The van der Waals surface area contributed by atoms with Gasteiger partial charge in [0.25, 0.3) is 0 Å². The molecule has 0 spiro atoms. The number of pyridine rings is 1. The molecule has 0 radical (unpaired) electrons. The summed E-state index contributed by atoms with van der Waals surface area (Å²) in [6.07, 6.45) is 0.0419. The van der Waals surface area contributed by atoms with Gasteiger partial charge in [-0.15, -0.1) is 0 Å². The predicted octanol–water partition coefficient (Wildman–Crippen LogP) is 5.14. The standard InChI is InChI=1S/C25H24ClN3O4/c1-3-33-18-8-7-17-12-19(25(26)27-20(17)13-18)22-14-21(16-6-4-5-15(2)11-16)28-29(22)23(30)9-10-24(31)32/h4-8,11-13,22H,3,9-10,14H2,1-2H3,(H,31,32). The van der Waals surface area contributed by atoms with Gasteiger partial charge in [-0.25, -0.2) is 9.99 Å².